The van der Waals surface area contributed by atoms with E-state index in [2.05, 4.69) is 16.7 Å². The number of hydrogen-bond donors (Lipinski definition) is 0. The molecule has 0 N–H and O–H groups in total. The Morgan fingerprint density at radius 1 is 1.35 bits per heavy atom. The van der Waals surface area contributed by atoms with Crippen LogP contribution in [0.25, 0.3) is 11.3 Å². The molecular formula is C21H17ClN4O4S. The minimum Gasteiger partial charge on any atom is -0.454 e. The highest BCUT2D eigenvalue weighted by Crippen LogP contribution is 2.37. The van der Waals surface area contributed by atoms with Gasteiger partial charge in [0.2, 0.25) is 11.6 Å². The number of benzene rings is 2. The van der Waals surface area contributed by atoms with E-state index in [-0.39, 0.29) is 18.0 Å². The van der Waals surface area contributed by atoms with Gasteiger partial charge >= 0.3 is 0 Å². The van der Waals surface area contributed by atoms with E-state index in [0.29, 0.717) is 27.9 Å². The normalized spacial score (nSPS) is 13.2. The first-order chi connectivity index (χ1) is 14.9. The summed E-state index contributed by atoms with van der Waals surface area (Å²) in [7, 11) is 0. The molecule has 31 heavy (non-hydrogen) atoms. The lowest BCUT2D eigenvalue weighted by Gasteiger charge is -2.05. The first-order valence-electron chi connectivity index (χ1n) is 9.16. The standard InChI is InChI=1S/C21H17ClN4O4S/c1-13(2)9-23-21-25(18(11-31-21)14-4-3-5-16(22)6-14)24-10-15-7-19-20(30-12-29-19)8-17(15)26(27)28/h3-8,10-11H,1,9,12H2,2H3. The highest BCUT2D eigenvalue weighted by atomic mass is 35.5. The van der Waals surface area contributed by atoms with Crippen LogP contribution in [0.1, 0.15) is 12.5 Å². The molecule has 0 saturated carbocycles. The number of thiazole rings is 1. The number of halogens is 1. The smallest absolute Gasteiger partial charge is 0.282 e. The molecule has 0 atom stereocenters. The van der Waals surface area contributed by atoms with Gasteiger partial charge in [0.25, 0.3) is 5.69 Å². The maximum absolute atomic E-state index is 11.6. The number of aromatic nitrogens is 1. The summed E-state index contributed by atoms with van der Waals surface area (Å²) in [5, 5.41) is 18.6. The third-order valence-electron chi connectivity index (χ3n) is 4.32. The molecule has 2 heterocycles. The van der Waals surface area contributed by atoms with Gasteiger partial charge in [-0.3, -0.25) is 15.1 Å². The Labute approximate surface area is 186 Å². The van der Waals surface area contributed by atoms with Crippen molar-refractivity contribution in [2.75, 3.05) is 13.3 Å². The fourth-order valence-corrected chi connectivity index (χ4v) is 3.92. The lowest BCUT2D eigenvalue weighted by Crippen LogP contribution is -2.13. The lowest BCUT2D eigenvalue weighted by molar-refractivity contribution is -0.385. The minimum absolute atomic E-state index is 0.0230. The van der Waals surface area contributed by atoms with Gasteiger partial charge in [-0.05, 0) is 25.1 Å². The summed E-state index contributed by atoms with van der Waals surface area (Å²) in [6.45, 7) is 6.23. The maximum atomic E-state index is 11.6. The number of hydrogen-bond acceptors (Lipinski definition) is 7. The number of nitro benzene ring substituents is 1. The van der Waals surface area contributed by atoms with Crippen molar-refractivity contribution in [1.29, 1.82) is 0 Å². The third-order valence-corrected chi connectivity index (χ3v) is 5.41. The fraction of sp³-hybridized carbons (Fsp3) is 0.143. The van der Waals surface area contributed by atoms with Crippen molar-refractivity contribution in [3.63, 3.8) is 0 Å². The second-order valence-electron chi connectivity index (χ2n) is 6.76. The second kappa shape index (κ2) is 8.75. The van der Waals surface area contributed by atoms with Crippen LogP contribution < -0.4 is 14.3 Å². The number of rotatable bonds is 6. The van der Waals surface area contributed by atoms with Crippen LogP contribution in [-0.2, 0) is 0 Å². The molecule has 0 saturated heterocycles. The van der Waals surface area contributed by atoms with E-state index in [1.165, 1.54) is 23.6 Å². The fourth-order valence-electron chi connectivity index (χ4n) is 2.90. The van der Waals surface area contributed by atoms with Gasteiger partial charge in [-0.2, -0.15) is 5.10 Å². The molecule has 0 bridgehead atoms. The third kappa shape index (κ3) is 4.52. The molecule has 158 valence electrons. The van der Waals surface area contributed by atoms with Crippen LogP contribution >= 0.6 is 22.9 Å². The van der Waals surface area contributed by atoms with Gasteiger partial charge in [0, 0.05) is 16.0 Å². The van der Waals surface area contributed by atoms with Crippen LogP contribution in [-0.4, -0.2) is 29.2 Å². The molecule has 4 rings (SSSR count). The Morgan fingerprint density at radius 3 is 2.84 bits per heavy atom. The highest BCUT2D eigenvalue weighted by molar-refractivity contribution is 7.07. The van der Waals surface area contributed by atoms with E-state index in [1.807, 2.05) is 30.5 Å². The zero-order valence-electron chi connectivity index (χ0n) is 16.4. The van der Waals surface area contributed by atoms with Gasteiger partial charge in [-0.1, -0.05) is 35.9 Å². The van der Waals surface area contributed by atoms with Crippen molar-refractivity contribution >= 4 is 34.8 Å². The number of nitro groups is 1. The van der Waals surface area contributed by atoms with Crippen LogP contribution in [0, 0.1) is 10.1 Å². The van der Waals surface area contributed by atoms with Crippen molar-refractivity contribution in [2.24, 2.45) is 10.1 Å². The van der Waals surface area contributed by atoms with Crippen molar-refractivity contribution in [3.05, 3.63) is 79.4 Å². The van der Waals surface area contributed by atoms with E-state index in [9.17, 15) is 10.1 Å². The summed E-state index contributed by atoms with van der Waals surface area (Å²) in [5.41, 5.74) is 2.66. The molecule has 1 aliphatic rings. The van der Waals surface area contributed by atoms with Crippen LogP contribution in [0.5, 0.6) is 11.5 Å². The molecule has 3 aromatic rings. The van der Waals surface area contributed by atoms with Gasteiger partial charge in [-0.15, -0.1) is 11.3 Å². The van der Waals surface area contributed by atoms with Gasteiger partial charge in [0.05, 0.1) is 35.0 Å². The predicted molar refractivity (Wildman–Crippen MR) is 120 cm³/mol. The Hall–Kier alpha value is -3.43. The molecule has 1 aliphatic heterocycles. The predicted octanol–water partition coefficient (Wildman–Crippen LogP) is 4.87. The van der Waals surface area contributed by atoms with Crippen molar-refractivity contribution < 1.29 is 14.4 Å². The summed E-state index contributed by atoms with van der Waals surface area (Å²) < 4.78 is 12.2. The monoisotopic (exact) mass is 456 g/mol. The summed E-state index contributed by atoms with van der Waals surface area (Å²) in [6.07, 6.45) is 1.42. The summed E-state index contributed by atoms with van der Waals surface area (Å²) in [4.78, 5) is 16.3. The molecule has 0 unspecified atom stereocenters. The van der Waals surface area contributed by atoms with Gasteiger partial charge in [-0.25, -0.2) is 4.68 Å². The number of nitrogens with zero attached hydrogens (tertiary/aromatic N) is 4. The molecule has 0 amide bonds. The Kier molecular flexibility index (Phi) is 5.88. The first-order valence-corrected chi connectivity index (χ1v) is 10.4. The topological polar surface area (TPSA) is 91.2 Å². The molecule has 10 heteroatoms. The number of fused-ring (bicyclic) bond motifs is 1. The maximum Gasteiger partial charge on any atom is 0.282 e. The molecule has 0 spiro atoms. The average Bonchev–Trinajstić information content (AvgIpc) is 3.36. The van der Waals surface area contributed by atoms with Crippen LogP contribution in [0.2, 0.25) is 5.02 Å². The summed E-state index contributed by atoms with van der Waals surface area (Å²) in [6, 6.07) is 10.2. The average molecular weight is 457 g/mol. The lowest BCUT2D eigenvalue weighted by atomic mass is 10.1. The molecule has 0 aliphatic carbocycles. The van der Waals surface area contributed by atoms with E-state index < -0.39 is 4.92 Å². The first kappa shape index (κ1) is 20.8. The van der Waals surface area contributed by atoms with Gasteiger partial charge in [0.1, 0.15) is 0 Å². The van der Waals surface area contributed by atoms with Crippen molar-refractivity contribution in [2.45, 2.75) is 6.92 Å². The molecule has 1 aromatic heterocycles. The largest absolute Gasteiger partial charge is 0.454 e. The van der Waals surface area contributed by atoms with Gasteiger partial charge in [0.15, 0.2) is 11.5 Å². The van der Waals surface area contributed by atoms with E-state index in [0.717, 1.165) is 16.8 Å². The molecule has 0 radical (unpaired) electrons. The zero-order chi connectivity index (χ0) is 22.0. The Balaban J connectivity index is 1.83. The Bertz CT molecular complexity index is 1280. The summed E-state index contributed by atoms with van der Waals surface area (Å²) in [5.74, 6) is 0.772. The molecule has 0 fully saturated rings. The minimum atomic E-state index is -0.480. The second-order valence-corrected chi connectivity index (χ2v) is 8.04. The summed E-state index contributed by atoms with van der Waals surface area (Å²) >= 11 is 7.56. The molecular weight excluding hydrogens is 440 g/mol. The SMILES string of the molecule is C=C(C)CN=c1scc(-c2cccc(Cl)c2)n1N=Cc1cc2c(cc1[N+](=O)[O-])OCO2. The molecule has 2 aromatic carbocycles. The molecule has 8 nitrogen and oxygen atoms in total. The van der Waals surface area contributed by atoms with Gasteiger partial charge < -0.3 is 9.47 Å². The van der Waals surface area contributed by atoms with Crippen LogP contribution in [0.15, 0.2) is 64.0 Å². The van der Waals surface area contributed by atoms with Crippen LogP contribution in [0.3, 0.4) is 0 Å². The highest BCUT2D eigenvalue weighted by Gasteiger charge is 2.22. The Morgan fingerprint density at radius 2 is 2.13 bits per heavy atom. The van der Waals surface area contributed by atoms with E-state index in [4.69, 9.17) is 21.1 Å². The van der Waals surface area contributed by atoms with Crippen molar-refractivity contribution in [1.82, 2.24) is 4.68 Å². The van der Waals surface area contributed by atoms with E-state index in [1.54, 1.807) is 16.8 Å². The van der Waals surface area contributed by atoms with Crippen LogP contribution in [0.4, 0.5) is 5.69 Å². The quantitative estimate of drug-likeness (QED) is 0.229. The van der Waals surface area contributed by atoms with Crippen molar-refractivity contribution in [3.8, 4) is 22.8 Å². The zero-order valence-corrected chi connectivity index (χ0v) is 18.0. The number of ether oxygens (including phenoxy) is 2. The van der Waals surface area contributed by atoms with E-state index >= 15 is 0 Å².